The number of hydrogen-bond acceptors (Lipinski definition) is 6. The minimum absolute atomic E-state index is 0.0656. The van der Waals surface area contributed by atoms with E-state index < -0.39 is 10.8 Å². The number of non-ortho nitro benzene ring substituents is 1. The summed E-state index contributed by atoms with van der Waals surface area (Å²) in [5.74, 6) is -0.392. The van der Waals surface area contributed by atoms with Gasteiger partial charge in [-0.2, -0.15) is 0 Å². The van der Waals surface area contributed by atoms with Gasteiger partial charge in [-0.05, 0) is 25.1 Å². The number of amides is 1. The van der Waals surface area contributed by atoms with E-state index >= 15 is 0 Å². The van der Waals surface area contributed by atoms with Crippen LogP contribution in [0.15, 0.2) is 48.5 Å². The van der Waals surface area contributed by atoms with Gasteiger partial charge in [0.25, 0.3) is 11.6 Å². The number of hydrogen-bond donors (Lipinski definition) is 1. The van der Waals surface area contributed by atoms with Crippen molar-refractivity contribution in [2.75, 3.05) is 5.32 Å². The lowest BCUT2D eigenvalue weighted by Gasteiger charge is -2.00. The molecule has 8 heteroatoms. The maximum absolute atomic E-state index is 12.2. The number of carbonyl (C=O) groups is 1. The van der Waals surface area contributed by atoms with E-state index in [0.29, 0.717) is 15.7 Å². The first-order chi connectivity index (χ1) is 11.5. The third kappa shape index (κ3) is 3.44. The van der Waals surface area contributed by atoms with Crippen LogP contribution >= 0.6 is 11.3 Å². The van der Waals surface area contributed by atoms with Crippen LogP contribution in [0.25, 0.3) is 10.6 Å². The van der Waals surface area contributed by atoms with Crippen molar-refractivity contribution in [3.63, 3.8) is 0 Å². The number of carbonyl (C=O) groups excluding carboxylic acids is 1. The first-order valence-electron chi connectivity index (χ1n) is 6.99. The topological polar surface area (TPSA) is 98.0 Å². The van der Waals surface area contributed by atoms with E-state index in [-0.39, 0.29) is 5.69 Å². The molecule has 0 spiro atoms. The van der Waals surface area contributed by atoms with Gasteiger partial charge in [0.2, 0.25) is 5.13 Å². The molecule has 0 aliphatic rings. The third-order valence-corrected chi connectivity index (χ3v) is 4.14. The van der Waals surface area contributed by atoms with Gasteiger partial charge in [-0.15, -0.1) is 10.2 Å². The van der Waals surface area contributed by atoms with Crippen LogP contribution in [-0.4, -0.2) is 21.0 Å². The molecule has 0 fully saturated rings. The molecular weight excluding hydrogens is 328 g/mol. The smallest absolute Gasteiger partial charge is 0.269 e. The van der Waals surface area contributed by atoms with Gasteiger partial charge in [0.1, 0.15) is 5.01 Å². The predicted molar refractivity (Wildman–Crippen MR) is 91.1 cm³/mol. The second-order valence-corrected chi connectivity index (χ2v) is 6.02. The number of nitrogens with one attached hydrogen (secondary N) is 1. The van der Waals surface area contributed by atoms with Crippen LogP contribution in [0.5, 0.6) is 0 Å². The van der Waals surface area contributed by atoms with E-state index in [9.17, 15) is 14.9 Å². The SMILES string of the molecule is Cc1cccc(-c2nnc(NC(=O)c3ccc([N+](=O)[O-])cc3)s2)c1. The number of aryl methyl sites for hydroxylation is 1. The maximum Gasteiger partial charge on any atom is 0.269 e. The van der Waals surface area contributed by atoms with Crippen molar-refractivity contribution in [3.8, 4) is 10.6 Å². The molecule has 1 N–H and O–H groups in total. The molecule has 0 bridgehead atoms. The van der Waals surface area contributed by atoms with Crippen molar-refractivity contribution in [1.82, 2.24) is 10.2 Å². The molecule has 0 atom stereocenters. The van der Waals surface area contributed by atoms with Crippen molar-refractivity contribution < 1.29 is 9.72 Å². The van der Waals surface area contributed by atoms with Gasteiger partial charge in [-0.25, -0.2) is 0 Å². The molecule has 1 aromatic heterocycles. The Kier molecular flexibility index (Phi) is 4.30. The molecule has 3 aromatic rings. The lowest BCUT2D eigenvalue weighted by atomic mass is 10.1. The Balaban J connectivity index is 1.74. The monoisotopic (exact) mass is 340 g/mol. The fraction of sp³-hybridized carbons (Fsp3) is 0.0625. The van der Waals surface area contributed by atoms with Gasteiger partial charge < -0.3 is 0 Å². The summed E-state index contributed by atoms with van der Waals surface area (Å²) in [6.45, 7) is 1.99. The van der Waals surface area contributed by atoms with Crippen molar-refractivity contribution in [2.24, 2.45) is 0 Å². The summed E-state index contributed by atoms with van der Waals surface area (Å²) in [5.41, 5.74) is 2.29. The van der Waals surface area contributed by atoms with Crippen molar-refractivity contribution in [1.29, 1.82) is 0 Å². The normalized spacial score (nSPS) is 10.4. The second kappa shape index (κ2) is 6.55. The molecule has 0 unspecified atom stereocenters. The zero-order chi connectivity index (χ0) is 17.1. The van der Waals surface area contributed by atoms with Crippen LogP contribution in [0.4, 0.5) is 10.8 Å². The van der Waals surface area contributed by atoms with Gasteiger partial charge in [0.15, 0.2) is 0 Å². The highest BCUT2D eigenvalue weighted by Gasteiger charge is 2.13. The van der Waals surface area contributed by atoms with Gasteiger partial charge >= 0.3 is 0 Å². The summed E-state index contributed by atoms with van der Waals surface area (Å²) >= 11 is 1.26. The van der Waals surface area contributed by atoms with Gasteiger partial charge in [-0.3, -0.25) is 20.2 Å². The van der Waals surface area contributed by atoms with Crippen LogP contribution in [0, 0.1) is 17.0 Å². The molecular formula is C16H12N4O3S. The van der Waals surface area contributed by atoms with Crippen LogP contribution in [-0.2, 0) is 0 Å². The zero-order valence-corrected chi connectivity index (χ0v) is 13.4. The van der Waals surface area contributed by atoms with E-state index in [2.05, 4.69) is 15.5 Å². The van der Waals surface area contributed by atoms with E-state index in [4.69, 9.17) is 0 Å². The van der Waals surface area contributed by atoms with E-state index in [1.807, 2.05) is 31.2 Å². The Bertz CT molecular complexity index is 906. The summed E-state index contributed by atoms with van der Waals surface area (Å²) in [6.07, 6.45) is 0. The number of nitrogens with zero attached hydrogens (tertiary/aromatic N) is 3. The molecule has 3 rings (SSSR count). The number of nitro groups is 1. The van der Waals surface area contributed by atoms with E-state index in [1.54, 1.807) is 0 Å². The van der Waals surface area contributed by atoms with Gasteiger partial charge in [0, 0.05) is 23.3 Å². The largest absolute Gasteiger partial charge is 0.296 e. The summed E-state index contributed by atoms with van der Waals surface area (Å²) < 4.78 is 0. The molecule has 0 aliphatic carbocycles. The average Bonchev–Trinajstić information content (AvgIpc) is 3.03. The Morgan fingerprint density at radius 3 is 2.58 bits per heavy atom. The van der Waals surface area contributed by atoms with Gasteiger partial charge in [0.05, 0.1) is 4.92 Å². The number of aromatic nitrogens is 2. The van der Waals surface area contributed by atoms with Crippen molar-refractivity contribution >= 4 is 28.1 Å². The first-order valence-corrected chi connectivity index (χ1v) is 7.81. The Morgan fingerprint density at radius 1 is 1.17 bits per heavy atom. The highest BCUT2D eigenvalue weighted by atomic mass is 32.1. The molecule has 120 valence electrons. The second-order valence-electron chi connectivity index (χ2n) is 5.04. The third-order valence-electron chi connectivity index (χ3n) is 3.25. The molecule has 0 saturated carbocycles. The number of nitro benzene ring substituents is 1. The van der Waals surface area contributed by atoms with Crippen LogP contribution in [0.1, 0.15) is 15.9 Å². The Morgan fingerprint density at radius 2 is 1.92 bits per heavy atom. The lowest BCUT2D eigenvalue weighted by molar-refractivity contribution is -0.384. The highest BCUT2D eigenvalue weighted by molar-refractivity contribution is 7.18. The molecule has 1 amide bonds. The zero-order valence-electron chi connectivity index (χ0n) is 12.6. The standard InChI is InChI=1S/C16H12N4O3S/c1-10-3-2-4-12(9-10)15-18-19-16(24-15)17-14(21)11-5-7-13(8-6-11)20(22)23/h2-9H,1H3,(H,17,19,21). The average molecular weight is 340 g/mol. The lowest BCUT2D eigenvalue weighted by Crippen LogP contribution is -2.11. The van der Waals surface area contributed by atoms with Gasteiger partial charge in [-0.1, -0.05) is 35.1 Å². The highest BCUT2D eigenvalue weighted by Crippen LogP contribution is 2.27. The van der Waals surface area contributed by atoms with E-state index in [0.717, 1.165) is 11.1 Å². The molecule has 1 heterocycles. The van der Waals surface area contributed by atoms with E-state index in [1.165, 1.54) is 35.6 Å². The number of benzene rings is 2. The van der Waals surface area contributed by atoms with Crippen LogP contribution in [0.3, 0.4) is 0 Å². The minimum atomic E-state index is -0.513. The maximum atomic E-state index is 12.2. The summed E-state index contributed by atoms with van der Waals surface area (Å²) in [5, 5.41) is 22.4. The Hall–Kier alpha value is -3.13. The fourth-order valence-electron chi connectivity index (χ4n) is 2.07. The van der Waals surface area contributed by atoms with Crippen molar-refractivity contribution in [3.05, 3.63) is 69.8 Å². The first kappa shape index (κ1) is 15.8. The van der Waals surface area contributed by atoms with Crippen molar-refractivity contribution in [2.45, 2.75) is 6.92 Å². The molecule has 7 nitrogen and oxygen atoms in total. The number of rotatable bonds is 4. The fourth-order valence-corrected chi connectivity index (χ4v) is 2.81. The predicted octanol–water partition coefficient (Wildman–Crippen LogP) is 3.67. The number of anilines is 1. The molecule has 2 aromatic carbocycles. The molecule has 24 heavy (non-hydrogen) atoms. The van der Waals surface area contributed by atoms with Crippen LogP contribution < -0.4 is 5.32 Å². The molecule has 0 radical (unpaired) electrons. The molecule has 0 saturated heterocycles. The quantitative estimate of drug-likeness (QED) is 0.577. The molecule has 0 aliphatic heterocycles. The minimum Gasteiger partial charge on any atom is -0.296 e. The summed E-state index contributed by atoms with van der Waals surface area (Å²) in [7, 11) is 0. The summed E-state index contributed by atoms with van der Waals surface area (Å²) in [4.78, 5) is 22.3. The Labute approximate surface area is 141 Å². The van der Waals surface area contributed by atoms with Crippen LogP contribution in [0.2, 0.25) is 0 Å². The summed E-state index contributed by atoms with van der Waals surface area (Å²) in [6, 6.07) is 13.2.